The summed E-state index contributed by atoms with van der Waals surface area (Å²) in [6, 6.07) is 3.46. The van der Waals surface area contributed by atoms with Crippen LogP contribution in [0.25, 0.3) is 10.8 Å². The van der Waals surface area contributed by atoms with E-state index in [4.69, 9.17) is 4.42 Å². The molecule has 0 unspecified atom stereocenters. The summed E-state index contributed by atoms with van der Waals surface area (Å²) < 4.78 is 5.29. The molecular weight excluding hydrogens is 356 g/mol. The van der Waals surface area contributed by atoms with Crippen molar-refractivity contribution in [2.24, 2.45) is 0 Å². The summed E-state index contributed by atoms with van der Waals surface area (Å²) in [5.74, 6) is -0.722. The molecule has 8 nitrogen and oxygen atoms in total. The molecule has 1 N–H and O–H groups in total. The molecule has 1 aliphatic rings. The monoisotopic (exact) mass is 376 g/mol. The first-order valence-corrected chi connectivity index (χ1v) is 9.22. The van der Waals surface area contributed by atoms with Gasteiger partial charge in [0.2, 0.25) is 0 Å². The molecule has 0 aromatic carbocycles. The molecule has 2 aromatic rings. The van der Waals surface area contributed by atoms with Crippen LogP contribution in [-0.2, 0) is 9.59 Å². The van der Waals surface area contributed by atoms with Crippen LogP contribution in [0.2, 0.25) is 0 Å². The Labute approximate surface area is 154 Å². The minimum Gasteiger partial charge on any atom is -0.462 e. The molecule has 2 aromatic heterocycles. The fraction of sp³-hybridized carbons (Fsp3) is 0.412. The number of thiazole rings is 1. The van der Waals surface area contributed by atoms with Crippen molar-refractivity contribution in [3.05, 3.63) is 29.5 Å². The average molecular weight is 376 g/mol. The van der Waals surface area contributed by atoms with E-state index < -0.39 is 11.8 Å². The highest BCUT2D eigenvalue weighted by Gasteiger charge is 2.29. The first-order valence-electron chi connectivity index (χ1n) is 8.34. The third kappa shape index (κ3) is 3.93. The quantitative estimate of drug-likeness (QED) is 0.813. The van der Waals surface area contributed by atoms with Gasteiger partial charge in [0, 0.05) is 37.6 Å². The summed E-state index contributed by atoms with van der Waals surface area (Å²) in [7, 11) is 0. The molecule has 1 fully saturated rings. The van der Waals surface area contributed by atoms with Crippen molar-refractivity contribution < 1.29 is 18.8 Å². The molecule has 0 aliphatic carbocycles. The minimum absolute atomic E-state index is 0.0951. The average Bonchev–Trinajstić information content (AvgIpc) is 3.31. The molecule has 0 radical (unpaired) electrons. The zero-order chi connectivity index (χ0) is 18.7. The van der Waals surface area contributed by atoms with Crippen LogP contribution in [0.1, 0.15) is 24.3 Å². The second-order valence-corrected chi connectivity index (χ2v) is 7.09. The topological polar surface area (TPSA) is 95.8 Å². The second-order valence-electron chi connectivity index (χ2n) is 6.23. The van der Waals surface area contributed by atoms with Crippen molar-refractivity contribution in [2.75, 3.05) is 26.2 Å². The predicted molar refractivity (Wildman–Crippen MR) is 95.6 cm³/mol. The molecule has 0 saturated carbocycles. The van der Waals surface area contributed by atoms with Crippen molar-refractivity contribution >= 4 is 29.1 Å². The van der Waals surface area contributed by atoms with Gasteiger partial charge < -0.3 is 19.5 Å². The van der Waals surface area contributed by atoms with Gasteiger partial charge in [0.05, 0.1) is 6.26 Å². The van der Waals surface area contributed by atoms with Gasteiger partial charge in [-0.25, -0.2) is 4.98 Å². The molecule has 3 heterocycles. The lowest BCUT2D eigenvalue weighted by molar-refractivity contribution is -0.147. The molecule has 0 atom stereocenters. The third-order valence-corrected chi connectivity index (χ3v) is 4.78. The van der Waals surface area contributed by atoms with E-state index in [0.717, 1.165) is 0 Å². The van der Waals surface area contributed by atoms with E-state index in [9.17, 15) is 14.4 Å². The Morgan fingerprint density at radius 2 is 1.88 bits per heavy atom. The summed E-state index contributed by atoms with van der Waals surface area (Å²) in [4.78, 5) is 43.9. The number of nitrogens with one attached hydrogen (secondary N) is 1. The molecule has 3 rings (SSSR count). The van der Waals surface area contributed by atoms with E-state index in [1.165, 1.54) is 16.2 Å². The van der Waals surface area contributed by atoms with E-state index in [1.807, 2.05) is 0 Å². The summed E-state index contributed by atoms with van der Waals surface area (Å²) in [5, 5.41) is 4.94. The Bertz CT molecular complexity index is 792. The smallest absolute Gasteiger partial charge is 0.312 e. The highest BCUT2D eigenvalue weighted by Crippen LogP contribution is 2.24. The number of nitrogens with zero attached hydrogens (tertiary/aromatic N) is 3. The van der Waals surface area contributed by atoms with Gasteiger partial charge in [0.25, 0.3) is 5.91 Å². The fourth-order valence-corrected chi connectivity index (χ4v) is 3.39. The highest BCUT2D eigenvalue weighted by molar-refractivity contribution is 7.13. The SMILES string of the molecule is CC(C)NC(=O)C(=O)N1CCN(C(=O)c2csc(-c3ccco3)n2)CC1. The summed E-state index contributed by atoms with van der Waals surface area (Å²) >= 11 is 1.34. The number of rotatable bonds is 3. The van der Waals surface area contributed by atoms with E-state index in [0.29, 0.717) is 42.6 Å². The molecule has 3 amide bonds. The largest absolute Gasteiger partial charge is 0.462 e. The van der Waals surface area contributed by atoms with Crippen molar-refractivity contribution in [1.82, 2.24) is 20.1 Å². The van der Waals surface area contributed by atoms with Crippen molar-refractivity contribution in [2.45, 2.75) is 19.9 Å². The number of carbonyl (C=O) groups is 3. The van der Waals surface area contributed by atoms with Crippen molar-refractivity contribution in [3.8, 4) is 10.8 Å². The maximum absolute atomic E-state index is 12.6. The van der Waals surface area contributed by atoms with Gasteiger partial charge in [0.15, 0.2) is 10.8 Å². The summed E-state index contributed by atoms with van der Waals surface area (Å²) in [6.07, 6.45) is 1.56. The van der Waals surface area contributed by atoms with Crippen molar-refractivity contribution in [1.29, 1.82) is 0 Å². The number of piperazine rings is 1. The van der Waals surface area contributed by atoms with E-state index in [1.54, 1.807) is 42.5 Å². The van der Waals surface area contributed by atoms with E-state index in [-0.39, 0.29) is 11.9 Å². The van der Waals surface area contributed by atoms with Crippen molar-refractivity contribution in [3.63, 3.8) is 0 Å². The number of carbonyl (C=O) groups excluding carboxylic acids is 3. The van der Waals surface area contributed by atoms with Crippen LogP contribution in [0.4, 0.5) is 0 Å². The van der Waals surface area contributed by atoms with E-state index >= 15 is 0 Å². The Kier molecular flexibility index (Phi) is 5.36. The van der Waals surface area contributed by atoms with Gasteiger partial charge >= 0.3 is 11.8 Å². The van der Waals surface area contributed by atoms with Crippen LogP contribution in [-0.4, -0.2) is 64.7 Å². The molecule has 138 valence electrons. The Morgan fingerprint density at radius 3 is 2.50 bits per heavy atom. The Balaban J connectivity index is 1.57. The minimum atomic E-state index is -0.609. The van der Waals surface area contributed by atoms with Gasteiger partial charge in [-0.3, -0.25) is 14.4 Å². The zero-order valence-corrected chi connectivity index (χ0v) is 15.4. The maximum Gasteiger partial charge on any atom is 0.312 e. The maximum atomic E-state index is 12.6. The molecule has 26 heavy (non-hydrogen) atoms. The molecule has 0 spiro atoms. The summed E-state index contributed by atoms with van der Waals surface area (Å²) in [5.41, 5.74) is 0.360. The summed E-state index contributed by atoms with van der Waals surface area (Å²) in [6.45, 7) is 4.98. The van der Waals surface area contributed by atoms with Crippen LogP contribution in [0.5, 0.6) is 0 Å². The highest BCUT2D eigenvalue weighted by atomic mass is 32.1. The predicted octanol–water partition coefficient (Wildman–Crippen LogP) is 1.21. The normalized spacial score (nSPS) is 14.6. The third-order valence-electron chi connectivity index (χ3n) is 3.92. The van der Waals surface area contributed by atoms with Gasteiger partial charge in [-0.15, -0.1) is 11.3 Å². The number of amides is 3. The van der Waals surface area contributed by atoms with E-state index in [2.05, 4.69) is 10.3 Å². The lowest BCUT2D eigenvalue weighted by Gasteiger charge is -2.34. The van der Waals surface area contributed by atoms with Crippen LogP contribution in [0.3, 0.4) is 0 Å². The molecular formula is C17H20N4O4S. The van der Waals surface area contributed by atoms with Gasteiger partial charge in [0.1, 0.15) is 5.69 Å². The standard InChI is InChI=1S/C17H20N4O4S/c1-11(2)18-14(22)17(24)21-7-5-20(6-8-21)16(23)12-10-26-15(19-12)13-4-3-9-25-13/h3-4,9-11H,5-8H2,1-2H3,(H,18,22). The van der Waals surface area contributed by atoms with Gasteiger partial charge in [-0.1, -0.05) is 0 Å². The molecule has 1 saturated heterocycles. The Hall–Kier alpha value is -2.68. The number of furan rings is 1. The number of hydrogen-bond donors (Lipinski definition) is 1. The number of aromatic nitrogens is 1. The zero-order valence-electron chi connectivity index (χ0n) is 14.6. The van der Waals surface area contributed by atoms with Gasteiger partial charge in [-0.05, 0) is 26.0 Å². The number of hydrogen-bond acceptors (Lipinski definition) is 6. The molecule has 9 heteroatoms. The molecule has 0 bridgehead atoms. The Morgan fingerprint density at radius 1 is 1.19 bits per heavy atom. The van der Waals surface area contributed by atoms with Crippen LogP contribution in [0.15, 0.2) is 28.2 Å². The molecule has 1 aliphatic heterocycles. The fourth-order valence-electron chi connectivity index (χ4n) is 2.63. The second kappa shape index (κ2) is 7.69. The van der Waals surface area contributed by atoms with Crippen LogP contribution < -0.4 is 5.32 Å². The first-order chi connectivity index (χ1) is 12.5. The van der Waals surface area contributed by atoms with Gasteiger partial charge in [-0.2, -0.15) is 0 Å². The van der Waals surface area contributed by atoms with Crippen LogP contribution >= 0.6 is 11.3 Å². The van der Waals surface area contributed by atoms with Crippen LogP contribution in [0, 0.1) is 0 Å². The lowest BCUT2D eigenvalue weighted by Crippen LogP contribution is -2.54. The first kappa shape index (κ1) is 18.1. The lowest BCUT2D eigenvalue weighted by atomic mass is 10.2.